The lowest BCUT2D eigenvalue weighted by molar-refractivity contribution is 0.271. The van der Waals surface area contributed by atoms with Crippen LogP contribution in [0.3, 0.4) is 0 Å². The van der Waals surface area contributed by atoms with Gasteiger partial charge in [-0.1, -0.05) is 23.7 Å². The summed E-state index contributed by atoms with van der Waals surface area (Å²) in [6, 6.07) is 5.36. The number of hydrogen-bond acceptors (Lipinski definition) is 4. The molecule has 1 atom stereocenters. The van der Waals surface area contributed by atoms with Crippen LogP contribution in [0, 0.1) is 0 Å². The molecule has 7 heteroatoms. The predicted molar refractivity (Wildman–Crippen MR) is 78.8 cm³/mol. The largest absolute Gasteiger partial charge is 0.390 e. The molecule has 0 saturated carbocycles. The highest BCUT2D eigenvalue weighted by atomic mass is 35.5. The van der Waals surface area contributed by atoms with Gasteiger partial charge in [-0.25, -0.2) is 13.4 Å². The fraction of sp³-hybridized carbons (Fsp3) is 0.357. The van der Waals surface area contributed by atoms with Crippen molar-refractivity contribution in [3.63, 3.8) is 0 Å². The molecular weight excluding hydrogens is 312 g/mol. The number of aromatic nitrogens is 2. The van der Waals surface area contributed by atoms with Crippen molar-refractivity contribution < 1.29 is 13.5 Å². The zero-order valence-electron chi connectivity index (χ0n) is 11.5. The Balaban J connectivity index is 2.09. The van der Waals surface area contributed by atoms with Crippen LogP contribution < -0.4 is 0 Å². The molecule has 0 amide bonds. The lowest BCUT2D eigenvalue weighted by atomic mass is 10.1. The highest BCUT2D eigenvalue weighted by Gasteiger charge is 2.38. The highest BCUT2D eigenvalue weighted by molar-refractivity contribution is 7.91. The van der Waals surface area contributed by atoms with Crippen LogP contribution in [-0.4, -0.2) is 23.1 Å². The van der Waals surface area contributed by atoms with E-state index in [0.717, 1.165) is 11.1 Å². The number of fused-ring (bicyclic) bond motifs is 1. The fourth-order valence-corrected chi connectivity index (χ4v) is 5.07. The van der Waals surface area contributed by atoms with Crippen LogP contribution in [0.1, 0.15) is 28.5 Å². The van der Waals surface area contributed by atoms with E-state index in [1.165, 1.54) is 10.8 Å². The van der Waals surface area contributed by atoms with Gasteiger partial charge in [0.15, 0.2) is 0 Å². The first-order valence-electron chi connectivity index (χ1n) is 6.59. The van der Waals surface area contributed by atoms with Crippen LogP contribution in [0.4, 0.5) is 0 Å². The maximum absolute atomic E-state index is 12.9. The van der Waals surface area contributed by atoms with Crippen LogP contribution in [-0.2, 0) is 29.9 Å². The Labute approximate surface area is 128 Å². The highest BCUT2D eigenvalue weighted by Crippen LogP contribution is 2.42. The summed E-state index contributed by atoms with van der Waals surface area (Å²) in [5.74, 6) is 0. The normalized spacial score (nSPS) is 18.0. The lowest BCUT2D eigenvalue weighted by Gasteiger charge is -2.13. The SMILES string of the molecule is Cn1c(CO)cnc1S(=O)(=O)C1CCc2c(Cl)cccc21. The van der Waals surface area contributed by atoms with Gasteiger partial charge in [-0.3, -0.25) is 0 Å². The van der Waals surface area contributed by atoms with Crippen molar-refractivity contribution in [2.24, 2.45) is 7.05 Å². The Morgan fingerprint density at radius 1 is 1.48 bits per heavy atom. The third kappa shape index (κ3) is 2.18. The van der Waals surface area contributed by atoms with E-state index >= 15 is 0 Å². The minimum atomic E-state index is -3.61. The van der Waals surface area contributed by atoms with Gasteiger partial charge in [0.1, 0.15) is 0 Å². The molecule has 1 aliphatic rings. The van der Waals surface area contributed by atoms with E-state index in [-0.39, 0.29) is 11.8 Å². The fourth-order valence-electron chi connectivity index (χ4n) is 2.86. The second-order valence-corrected chi connectivity index (χ2v) is 7.56. The second-order valence-electron chi connectivity index (χ2n) is 5.13. The molecule has 1 N–H and O–H groups in total. The van der Waals surface area contributed by atoms with E-state index in [1.807, 2.05) is 6.07 Å². The monoisotopic (exact) mass is 326 g/mol. The summed E-state index contributed by atoms with van der Waals surface area (Å²) in [4.78, 5) is 3.98. The van der Waals surface area contributed by atoms with E-state index in [4.69, 9.17) is 11.6 Å². The van der Waals surface area contributed by atoms with Crippen molar-refractivity contribution in [1.82, 2.24) is 9.55 Å². The van der Waals surface area contributed by atoms with Crippen molar-refractivity contribution in [3.8, 4) is 0 Å². The second kappa shape index (κ2) is 5.12. The van der Waals surface area contributed by atoms with Gasteiger partial charge in [-0.2, -0.15) is 0 Å². The Morgan fingerprint density at radius 3 is 2.90 bits per heavy atom. The average Bonchev–Trinajstić information content (AvgIpc) is 3.03. The number of benzene rings is 1. The molecule has 0 radical (unpaired) electrons. The first-order valence-corrected chi connectivity index (χ1v) is 8.52. The number of nitrogens with zero attached hydrogens (tertiary/aromatic N) is 2. The zero-order chi connectivity index (χ0) is 15.2. The van der Waals surface area contributed by atoms with Gasteiger partial charge >= 0.3 is 0 Å². The zero-order valence-corrected chi connectivity index (χ0v) is 13.0. The number of aliphatic hydroxyl groups excluding tert-OH is 1. The van der Waals surface area contributed by atoms with Gasteiger partial charge in [0.05, 0.1) is 23.7 Å². The number of aliphatic hydroxyl groups is 1. The van der Waals surface area contributed by atoms with Crippen molar-refractivity contribution in [2.45, 2.75) is 29.9 Å². The summed E-state index contributed by atoms with van der Waals surface area (Å²) in [5, 5.41) is 9.16. The van der Waals surface area contributed by atoms with Gasteiger partial charge in [-0.05, 0) is 30.0 Å². The first kappa shape index (κ1) is 14.6. The molecule has 0 fully saturated rings. The van der Waals surface area contributed by atoms with Crippen molar-refractivity contribution in [1.29, 1.82) is 0 Å². The molecule has 0 spiro atoms. The van der Waals surface area contributed by atoms with Gasteiger partial charge in [-0.15, -0.1) is 0 Å². The van der Waals surface area contributed by atoms with E-state index in [2.05, 4.69) is 4.98 Å². The topological polar surface area (TPSA) is 72.2 Å². The molecule has 1 aromatic carbocycles. The molecule has 1 aromatic heterocycles. The molecule has 0 saturated heterocycles. The van der Waals surface area contributed by atoms with Crippen LogP contribution in [0.5, 0.6) is 0 Å². The lowest BCUT2D eigenvalue weighted by Crippen LogP contribution is -2.16. The maximum Gasteiger partial charge on any atom is 0.228 e. The quantitative estimate of drug-likeness (QED) is 0.936. The van der Waals surface area contributed by atoms with Gasteiger partial charge in [0.25, 0.3) is 0 Å². The van der Waals surface area contributed by atoms with Crippen molar-refractivity contribution >= 4 is 21.4 Å². The Hall–Kier alpha value is -1.37. The molecule has 0 aliphatic heterocycles. The molecule has 5 nitrogen and oxygen atoms in total. The molecule has 112 valence electrons. The van der Waals surface area contributed by atoms with E-state index in [0.29, 0.717) is 23.6 Å². The average molecular weight is 327 g/mol. The van der Waals surface area contributed by atoms with Gasteiger partial charge in [0.2, 0.25) is 15.0 Å². The third-order valence-electron chi connectivity index (χ3n) is 3.99. The summed E-state index contributed by atoms with van der Waals surface area (Å²) < 4.78 is 27.1. The van der Waals surface area contributed by atoms with Crippen LogP contribution >= 0.6 is 11.6 Å². The summed E-state index contributed by atoms with van der Waals surface area (Å²) in [7, 11) is -2.01. The standard InChI is InChI=1S/C14H15ClN2O3S/c1-17-9(8-18)7-16-14(17)21(19,20)13-6-5-10-11(13)3-2-4-12(10)15/h2-4,7,13,18H,5-6,8H2,1H3. The number of hydrogen-bond donors (Lipinski definition) is 1. The Bertz CT molecular complexity index is 799. The molecule has 21 heavy (non-hydrogen) atoms. The van der Waals surface area contributed by atoms with E-state index < -0.39 is 15.1 Å². The summed E-state index contributed by atoms with van der Waals surface area (Å²) in [6.07, 6.45) is 2.54. The van der Waals surface area contributed by atoms with Gasteiger partial charge in [0, 0.05) is 12.1 Å². The number of halogens is 1. The minimum Gasteiger partial charge on any atom is -0.390 e. The number of rotatable bonds is 3. The van der Waals surface area contributed by atoms with E-state index in [9.17, 15) is 13.5 Å². The van der Waals surface area contributed by atoms with Crippen LogP contribution in [0.2, 0.25) is 5.02 Å². The smallest absolute Gasteiger partial charge is 0.228 e. The molecular formula is C14H15ClN2O3S. The van der Waals surface area contributed by atoms with Crippen LogP contribution in [0.25, 0.3) is 0 Å². The molecule has 0 bridgehead atoms. The first-order chi connectivity index (χ1) is 9.96. The Kier molecular flexibility index (Phi) is 3.55. The minimum absolute atomic E-state index is 0.00984. The molecule has 1 unspecified atom stereocenters. The summed E-state index contributed by atoms with van der Waals surface area (Å²) in [6.45, 7) is -0.244. The van der Waals surface area contributed by atoms with Gasteiger partial charge < -0.3 is 9.67 Å². The van der Waals surface area contributed by atoms with Crippen molar-refractivity contribution in [3.05, 3.63) is 46.2 Å². The number of sulfone groups is 1. The maximum atomic E-state index is 12.9. The number of imidazole rings is 1. The van der Waals surface area contributed by atoms with Crippen molar-refractivity contribution in [2.75, 3.05) is 0 Å². The molecule has 3 rings (SSSR count). The summed E-state index contributed by atoms with van der Waals surface area (Å²) in [5.41, 5.74) is 2.14. The van der Waals surface area contributed by atoms with Crippen LogP contribution in [0.15, 0.2) is 29.6 Å². The predicted octanol–water partition coefficient (Wildman–Crippen LogP) is 2.03. The molecule has 2 aromatic rings. The molecule has 1 heterocycles. The third-order valence-corrected chi connectivity index (χ3v) is 6.47. The molecule has 1 aliphatic carbocycles. The van der Waals surface area contributed by atoms with E-state index in [1.54, 1.807) is 19.2 Å². The summed E-state index contributed by atoms with van der Waals surface area (Å²) >= 11 is 6.14. The Morgan fingerprint density at radius 2 is 2.24 bits per heavy atom.